The molecule has 0 saturated carbocycles. The minimum Gasteiger partial charge on any atom is -0.336 e. The zero-order chi connectivity index (χ0) is 12.1. The zero-order valence-electron chi connectivity index (χ0n) is 8.63. The van der Waals surface area contributed by atoms with Crippen LogP contribution in [0.4, 0.5) is 0 Å². The van der Waals surface area contributed by atoms with Crippen LogP contribution in [0.15, 0.2) is 22.7 Å². The lowest BCUT2D eigenvalue weighted by atomic mass is 10.2. The van der Waals surface area contributed by atoms with Gasteiger partial charge in [0, 0.05) is 8.04 Å². The van der Waals surface area contributed by atoms with Crippen molar-refractivity contribution in [3.8, 4) is 6.07 Å². The van der Waals surface area contributed by atoms with Gasteiger partial charge in [-0.2, -0.15) is 5.26 Å². The number of hydrogen-bond acceptors (Lipinski definition) is 2. The maximum atomic E-state index is 11.9. The van der Waals surface area contributed by atoms with E-state index in [0.717, 1.165) is 8.04 Å². The van der Waals surface area contributed by atoms with Crippen LogP contribution in [-0.2, 0) is 0 Å². The largest absolute Gasteiger partial charge is 0.336 e. The highest BCUT2D eigenvalue weighted by molar-refractivity contribution is 14.1. The van der Waals surface area contributed by atoms with Crippen LogP contribution >= 0.6 is 38.5 Å². The summed E-state index contributed by atoms with van der Waals surface area (Å²) in [7, 11) is 0. The maximum Gasteiger partial charge on any atom is 0.253 e. The number of benzene rings is 1. The van der Waals surface area contributed by atoms with Crippen molar-refractivity contribution >= 4 is 44.4 Å². The van der Waals surface area contributed by atoms with E-state index in [1.54, 1.807) is 6.07 Å². The topological polar surface area (TPSA) is 52.9 Å². The summed E-state index contributed by atoms with van der Waals surface area (Å²) in [6, 6.07) is 7.12. The lowest BCUT2D eigenvalue weighted by Gasteiger charge is -2.10. The van der Waals surface area contributed by atoms with Gasteiger partial charge in [-0.3, -0.25) is 4.79 Å². The summed E-state index contributed by atoms with van der Waals surface area (Å²) in [5.74, 6) is -0.223. The quantitative estimate of drug-likeness (QED) is 0.803. The SMILES string of the molecule is CCC(C#N)NC(=O)c1cc(I)ccc1Br. The Balaban J connectivity index is 2.89. The first-order valence-corrected chi connectivity index (χ1v) is 6.61. The van der Waals surface area contributed by atoms with Crippen molar-refractivity contribution in [3.63, 3.8) is 0 Å². The van der Waals surface area contributed by atoms with Gasteiger partial charge in [0.05, 0.1) is 11.6 Å². The highest BCUT2D eigenvalue weighted by Crippen LogP contribution is 2.19. The van der Waals surface area contributed by atoms with E-state index in [2.05, 4.69) is 43.8 Å². The summed E-state index contributed by atoms with van der Waals surface area (Å²) in [5, 5.41) is 11.4. The van der Waals surface area contributed by atoms with Crippen LogP contribution in [0, 0.1) is 14.9 Å². The molecular formula is C11H10BrIN2O. The van der Waals surface area contributed by atoms with Gasteiger partial charge in [-0.15, -0.1) is 0 Å². The van der Waals surface area contributed by atoms with Crippen LogP contribution in [0.25, 0.3) is 0 Å². The van der Waals surface area contributed by atoms with Crippen molar-refractivity contribution in [2.45, 2.75) is 19.4 Å². The van der Waals surface area contributed by atoms with E-state index < -0.39 is 6.04 Å². The average molecular weight is 393 g/mol. The third-order valence-corrected chi connectivity index (χ3v) is 3.40. The molecular weight excluding hydrogens is 383 g/mol. The van der Waals surface area contributed by atoms with Crippen molar-refractivity contribution < 1.29 is 4.79 Å². The summed E-state index contributed by atoms with van der Waals surface area (Å²) in [6.45, 7) is 1.86. The predicted octanol–water partition coefficient (Wildman–Crippen LogP) is 3.09. The van der Waals surface area contributed by atoms with E-state index in [1.165, 1.54) is 0 Å². The molecule has 84 valence electrons. The molecule has 0 aliphatic rings. The molecule has 0 fully saturated rings. The molecule has 0 aliphatic carbocycles. The van der Waals surface area contributed by atoms with Gasteiger partial charge in [0.15, 0.2) is 0 Å². The van der Waals surface area contributed by atoms with Gasteiger partial charge in [0.2, 0.25) is 0 Å². The Bertz CT molecular complexity index is 442. The van der Waals surface area contributed by atoms with Crippen LogP contribution in [0.1, 0.15) is 23.7 Å². The molecule has 0 spiro atoms. The summed E-state index contributed by atoms with van der Waals surface area (Å²) in [6.07, 6.45) is 0.601. The Morgan fingerprint density at radius 2 is 2.38 bits per heavy atom. The molecule has 16 heavy (non-hydrogen) atoms. The van der Waals surface area contributed by atoms with E-state index in [9.17, 15) is 4.79 Å². The second kappa shape index (κ2) is 6.21. The van der Waals surface area contributed by atoms with Crippen LogP contribution in [0.5, 0.6) is 0 Å². The third kappa shape index (κ3) is 3.46. The minimum absolute atomic E-state index is 0.223. The fourth-order valence-electron chi connectivity index (χ4n) is 1.13. The molecule has 1 amide bonds. The van der Waals surface area contributed by atoms with Gasteiger partial charge in [0.25, 0.3) is 5.91 Å². The zero-order valence-corrected chi connectivity index (χ0v) is 12.4. The number of carbonyl (C=O) groups is 1. The second-order valence-electron chi connectivity index (χ2n) is 3.19. The number of nitrogens with zero attached hydrogens (tertiary/aromatic N) is 1. The molecule has 5 heteroatoms. The Kier molecular flexibility index (Phi) is 5.22. The Hall–Kier alpha value is -0.610. The summed E-state index contributed by atoms with van der Waals surface area (Å²) in [4.78, 5) is 11.9. The average Bonchev–Trinajstić information content (AvgIpc) is 2.28. The fraction of sp³-hybridized carbons (Fsp3) is 0.273. The van der Waals surface area contributed by atoms with Crippen LogP contribution in [-0.4, -0.2) is 11.9 Å². The van der Waals surface area contributed by atoms with Crippen LogP contribution in [0.3, 0.4) is 0 Å². The molecule has 1 aromatic carbocycles. The number of amides is 1. The number of rotatable bonds is 3. The van der Waals surface area contributed by atoms with E-state index in [-0.39, 0.29) is 5.91 Å². The Morgan fingerprint density at radius 3 is 2.94 bits per heavy atom. The van der Waals surface area contributed by atoms with Gasteiger partial charge in [-0.05, 0) is 63.1 Å². The van der Waals surface area contributed by atoms with Crippen LogP contribution in [0.2, 0.25) is 0 Å². The lowest BCUT2D eigenvalue weighted by Crippen LogP contribution is -2.33. The standard InChI is InChI=1S/C11H10BrIN2O/c1-2-8(6-14)15-11(16)9-5-7(13)3-4-10(9)12/h3-5,8H,2H2,1H3,(H,15,16). The molecule has 0 aliphatic heterocycles. The van der Waals surface area contributed by atoms with Crippen molar-refractivity contribution in [2.75, 3.05) is 0 Å². The monoisotopic (exact) mass is 392 g/mol. The minimum atomic E-state index is -0.433. The summed E-state index contributed by atoms with van der Waals surface area (Å²) < 4.78 is 1.72. The fourth-order valence-corrected chi connectivity index (χ4v) is 2.05. The first kappa shape index (κ1) is 13.5. The predicted molar refractivity (Wildman–Crippen MR) is 74.0 cm³/mol. The van der Waals surface area contributed by atoms with Crippen molar-refractivity contribution in [1.82, 2.24) is 5.32 Å². The van der Waals surface area contributed by atoms with Crippen molar-refractivity contribution in [2.24, 2.45) is 0 Å². The number of halogens is 2. The normalized spacial score (nSPS) is 11.6. The number of nitriles is 1. The summed E-state index contributed by atoms with van der Waals surface area (Å²) >= 11 is 5.46. The van der Waals surface area contributed by atoms with E-state index in [4.69, 9.17) is 5.26 Å². The van der Waals surface area contributed by atoms with Crippen molar-refractivity contribution in [3.05, 3.63) is 31.8 Å². The van der Waals surface area contributed by atoms with Gasteiger partial charge in [0.1, 0.15) is 6.04 Å². The first-order chi connectivity index (χ1) is 7.58. The van der Waals surface area contributed by atoms with Gasteiger partial charge >= 0.3 is 0 Å². The summed E-state index contributed by atoms with van der Waals surface area (Å²) in [5.41, 5.74) is 0.556. The van der Waals surface area contributed by atoms with Gasteiger partial charge in [-0.1, -0.05) is 6.92 Å². The molecule has 1 aromatic rings. The first-order valence-electron chi connectivity index (χ1n) is 4.74. The number of nitrogens with one attached hydrogen (secondary N) is 1. The van der Waals surface area contributed by atoms with Gasteiger partial charge in [-0.25, -0.2) is 0 Å². The molecule has 0 bridgehead atoms. The molecule has 1 rings (SSSR count). The van der Waals surface area contributed by atoms with E-state index in [0.29, 0.717) is 12.0 Å². The van der Waals surface area contributed by atoms with E-state index >= 15 is 0 Å². The number of hydrogen-bond donors (Lipinski definition) is 1. The molecule has 0 heterocycles. The van der Waals surface area contributed by atoms with Crippen molar-refractivity contribution in [1.29, 1.82) is 5.26 Å². The molecule has 3 nitrogen and oxygen atoms in total. The molecule has 0 aromatic heterocycles. The Labute approximate surface area is 116 Å². The highest BCUT2D eigenvalue weighted by atomic mass is 127. The van der Waals surface area contributed by atoms with E-state index in [1.807, 2.05) is 25.1 Å². The molecule has 1 atom stereocenters. The second-order valence-corrected chi connectivity index (χ2v) is 5.29. The molecule has 1 N–H and O–H groups in total. The molecule has 0 radical (unpaired) electrons. The Morgan fingerprint density at radius 1 is 1.69 bits per heavy atom. The van der Waals surface area contributed by atoms with Gasteiger partial charge < -0.3 is 5.32 Å². The van der Waals surface area contributed by atoms with Crippen LogP contribution < -0.4 is 5.32 Å². The molecule has 0 saturated heterocycles. The third-order valence-electron chi connectivity index (χ3n) is 2.04. The molecule has 1 unspecified atom stereocenters. The lowest BCUT2D eigenvalue weighted by molar-refractivity contribution is 0.0944. The maximum absolute atomic E-state index is 11.9. The smallest absolute Gasteiger partial charge is 0.253 e. The highest BCUT2D eigenvalue weighted by Gasteiger charge is 2.14. The number of carbonyl (C=O) groups excluding carboxylic acids is 1.